The number of unbranched alkanes of at least 4 members (excludes halogenated alkanes) is 3. The van der Waals surface area contributed by atoms with E-state index in [0.717, 1.165) is 12.1 Å². The summed E-state index contributed by atoms with van der Waals surface area (Å²) < 4.78 is 20.4. The molecule has 0 bridgehead atoms. The van der Waals surface area contributed by atoms with Crippen LogP contribution in [0.2, 0.25) is 0 Å². The molecule has 0 saturated heterocycles. The van der Waals surface area contributed by atoms with E-state index in [4.69, 9.17) is 10.5 Å². The molecule has 5 nitrogen and oxygen atoms in total. The molecule has 3 N–H and O–H groups in total. The number of primary amides is 1. The summed E-state index contributed by atoms with van der Waals surface area (Å²) in [5, 5.41) is 3.25. The van der Waals surface area contributed by atoms with Crippen LogP contribution in [0.4, 0.5) is 10.1 Å². The van der Waals surface area contributed by atoms with E-state index in [-0.39, 0.29) is 17.2 Å². The van der Waals surface area contributed by atoms with Gasteiger partial charge in [0.25, 0.3) is 0 Å². The molecule has 0 saturated carbocycles. The first kappa shape index (κ1) is 22.3. The molecule has 0 aliphatic carbocycles. The van der Waals surface area contributed by atoms with Gasteiger partial charge in [0, 0.05) is 30.1 Å². The number of pyridine rings is 1. The van der Waals surface area contributed by atoms with Gasteiger partial charge in [-0.05, 0) is 42.7 Å². The predicted octanol–water partition coefficient (Wildman–Crippen LogP) is 5.85. The minimum atomic E-state index is -0.581. The molecule has 162 valence electrons. The lowest BCUT2D eigenvalue weighted by Crippen LogP contribution is -2.11. The molecular formula is C25H28FN3O2. The first-order valence-electron chi connectivity index (χ1n) is 10.6. The average molecular weight is 422 g/mol. The van der Waals surface area contributed by atoms with Crippen LogP contribution in [-0.4, -0.2) is 10.9 Å². The van der Waals surface area contributed by atoms with Crippen molar-refractivity contribution in [3.05, 3.63) is 83.3 Å². The molecule has 0 atom stereocenters. The van der Waals surface area contributed by atoms with Crippen molar-refractivity contribution in [2.24, 2.45) is 5.73 Å². The minimum Gasteiger partial charge on any atom is -0.436 e. The van der Waals surface area contributed by atoms with Gasteiger partial charge in [-0.1, -0.05) is 50.5 Å². The molecule has 0 fully saturated rings. The molecule has 2 aromatic carbocycles. The number of carbonyl (C=O) groups excluding carboxylic acids is 1. The van der Waals surface area contributed by atoms with Crippen molar-refractivity contribution in [2.45, 2.75) is 45.6 Å². The Balaban J connectivity index is 1.58. The molecule has 0 radical (unpaired) electrons. The zero-order valence-corrected chi connectivity index (χ0v) is 17.7. The highest BCUT2D eigenvalue weighted by Crippen LogP contribution is 2.26. The third-order valence-electron chi connectivity index (χ3n) is 5.03. The second kappa shape index (κ2) is 11.1. The lowest BCUT2D eigenvalue weighted by atomic mass is 10.1. The molecule has 0 unspecified atom stereocenters. The number of carbonyl (C=O) groups is 1. The molecule has 0 aliphatic rings. The number of amides is 1. The van der Waals surface area contributed by atoms with Gasteiger partial charge >= 0.3 is 0 Å². The Morgan fingerprint density at radius 3 is 2.55 bits per heavy atom. The van der Waals surface area contributed by atoms with Crippen molar-refractivity contribution in [3.8, 4) is 11.6 Å². The van der Waals surface area contributed by atoms with Crippen molar-refractivity contribution < 1.29 is 13.9 Å². The average Bonchev–Trinajstić information content (AvgIpc) is 2.78. The van der Waals surface area contributed by atoms with Crippen LogP contribution in [-0.2, 0) is 13.0 Å². The number of aromatic nitrogens is 1. The number of hydrogen-bond donors (Lipinski definition) is 2. The van der Waals surface area contributed by atoms with E-state index in [0.29, 0.717) is 12.1 Å². The van der Waals surface area contributed by atoms with Gasteiger partial charge < -0.3 is 15.8 Å². The van der Waals surface area contributed by atoms with Crippen molar-refractivity contribution in [1.29, 1.82) is 0 Å². The maximum atomic E-state index is 14.9. The van der Waals surface area contributed by atoms with Gasteiger partial charge in [-0.15, -0.1) is 0 Å². The number of nitrogens with one attached hydrogen (secondary N) is 1. The fourth-order valence-electron chi connectivity index (χ4n) is 3.21. The second-order valence-corrected chi connectivity index (χ2v) is 7.44. The topological polar surface area (TPSA) is 77.2 Å². The molecule has 1 amide bonds. The van der Waals surface area contributed by atoms with Crippen LogP contribution >= 0.6 is 0 Å². The van der Waals surface area contributed by atoms with Crippen molar-refractivity contribution in [3.63, 3.8) is 0 Å². The second-order valence-electron chi connectivity index (χ2n) is 7.44. The van der Waals surface area contributed by atoms with Crippen LogP contribution < -0.4 is 15.8 Å². The highest BCUT2D eigenvalue weighted by molar-refractivity contribution is 5.92. The van der Waals surface area contributed by atoms with Crippen LogP contribution in [0.3, 0.4) is 0 Å². The zero-order valence-electron chi connectivity index (χ0n) is 17.7. The van der Waals surface area contributed by atoms with Crippen LogP contribution in [0.5, 0.6) is 11.6 Å². The van der Waals surface area contributed by atoms with Crippen LogP contribution in [0.25, 0.3) is 0 Å². The number of rotatable bonds is 11. The number of nitrogens with zero attached hydrogens (tertiary/aromatic N) is 1. The molecule has 6 heteroatoms. The van der Waals surface area contributed by atoms with E-state index in [1.807, 2.05) is 12.1 Å². The number of ether oxygens (including phenoxy) is 1. The van der Waals surface area contributed by atoms with Gasteiger partial charge in [0.05, 0.1) is 5.56 Å². The fraction of sp³-hybridized carbons (Fsp3) is 0.280. The molecule has 1 heterocycles. The van der Waals surface area contributed by atoms with E-state index >= 15 is 0 Å². The monoisotopic (exact) mass is 421 g/mol. The zero-order chi connectivity index (χ0) is 22.1. The van der Waals surface area contributed by atoms with Crippen molar-refractivity contribution >= 4 is 11.6 Å². The molecule has 3 aromatic rings. The summed E-state index contributed by atoms with van der Waals surface area (Å²) in [7, 11) is 0. The third kappa shape index (κ3) is 6.54. The highest BCUT2D eigenvalue weighted by atomic mass is 19.1. The number of hydrogen-bond acceptors (Lipinski definition) is 4. The molecule has 0 spiro atoms. The largest absolute Gasteiger partial charge is 0.436 e. The normalized spacial score (nSPS) is 10.6. The van der Waals surface area contributed by atoms with Crippen LogP contribution in [0, 0.1) is 5.82 Å². The molecular weight excluding hydrogens is 393 g/mol. The minimum absolute atomic E-state index is 0.0704. The van der Waals surface area contributed by atoms with Gasteiger partial charge in [0.15, 0.2) is 11.6 Å². The van der Waals surface area contributed by atoms with E-state index in [1.54, 1.807) is 12.1 Å². The molecule has 0 aliphatic heterocycles. The summed E-state index contributed by atoms with van der Waals surface area (Å²) >= 11 is 0. The predicted molar refractivity (Wildman–Crippen MR) is 121 cm³/mol. The Morgan fingerprint density at radius 2 is 1.87 bits per heavy atom. The smallest absolute Gasteiger partial charge is 0.250 e. The lowest BCUT2D eigenvalue weighted by molar-refractivity contribution is 0.1000. The molecule has 31 heavy (non-hydrogen) atoms. The highest BCUT2D eigenvalue weighted by Gasteiger charge is 2.11. The quantitative estimate of drug-likeness (QED) is 0.381. The third-order valence-corrected chi connectivity index (χ3v) is 5.03. The van der Waals surface area contributed by atoms with E-state index in [2.05, 4.69) is 29.4 Å². The Kier molecular flexibility index (Phi) is 7.98. The van der Waals surface area contributed by atoms with Crippen LogP contribution in [0.15, 0.2) is 60.8 Å². The van der Waals surface area contributed by atoms with Crippen molar-refractivity contribution in [2.75, 3.05) is 5.32 Å². The van der Waals surface area contributed by atoms with Gasteiger partial charge in [-0.25, -0.2) is 9.37 Å². The standard InChI is InChI=1S/C25H28FN3O2/c1-2-3-4-5-7-18-10-13-21(14-11-18)28-16-19-8-6-9-22(24(19)26)31-23-15-12-20(17-29-23)25(27)30/h6,8-15,17,28H,2-5,7,16H2,1H3,(H2,27,30). The van der Waals surface area contributed by atoms with Crippen LogP contribution in [0.1, 0.15) is 54.1 Å². The Labute approximate surface area is 182 Å². The summed E-state index contributed by atoms with van der Waals surface area (Å²) in [5.41, 5.74) is 8.19. The van der Waals surface area contributed by atoms with Gasteiger partial charge in [0.1, 0.15) is 0 Å². The molecule has 1 aromatic heterocycles. The fourth-order valence-corrected chi connectivity index (χ4v) is 3.21. The Morgan fingerprint density at radius 1 is 1.06 bits per heavy atom. The number of nitrogens with two attached hydrogens (primary N) is 1. The van der Waals surface area contributed by atoms with Gasteiger partial charge in [-0.3, -0.25) is 4.79 Å². The first-order valence-corrected chi connectivity index (χ1v) is 10.6. The first-order chi connectivity index (χ1) is 15.1. The van der Waals surface area contributed by atoms with Crippen molar-refractivity contribution in [1.82, 2.24) is 4.98 Å². The maximum Gasteiger partial charge on any atom is 0.250 e. The number of halogens is 1. The lowest BCUT2D eigenvalue weighted by Gasteiger charge is -2.11. The van der Waals surface area contributed by atoms with Gasteiger partial charge in [0.2, 0.25) is 11.8 Å². The Hall–Kier alpha value is -3.41. The maximum absolute atomic E-state index is 14.9. The summed E-state index contributed by atoms with van der Waals surface area (Å²) in [6.45, 7) is 2.54. The number of aryl methyl sites for hydroxylation is 1. The summed E-state index contributed by atoms with van der Waals surface area (Å²) in [6, 6.07) is 16.2. The van der Waals surface area contributed by atoms with E-state index in [1.165, 1.54) is 55.6 Å². The molecule has 3 rings (SSSR count). The number of anilines is 1. The SMILES string of the molecule is CCCCCCc1ccc(NCc2cccc(Oc3ccc(C(N)=O)cn3)c2F)cc1. The summed E-state index contributed by atoms with van der Waals surface area (Å²) in [4.78, 5) is 15.1. The van der Waals surface area contributed by atoms with Gasteiger partial charge in [-0.2, -0.15) is 0 Å². The van der Waals surface area contributed by atoms with E-state index < -0.39 is 11.7 Å². The van der Waals surface area contributed by atoms with E-state index in [9.17, 15) is 9.18 Å². The summed E-state index contributed by atoms with van der Waals surface area (Å²) in [5.74, 6) is -0.782. The number of benzene rings is 2. The Bertz CT molecular complexity index is 989. The summed E-state index contributed by atoms with van der Waals surface area (Å²) in [6.07, 6.45) is 7.38.